The summed E-state index contributed by atoms with van der Waals surface area (Å²) in [5.74, 6) is -0.939. The Morgan fingerprint density at radius 1 is 1.00 bits per heavy atom. The quantitative estimate of drug-likeness (QED) is 0.276. The van der Waals surface area contributed by atoms with Gasteiger partial charge >= 0.3 is 18.9 Å². The fraction of sp³-hybridized carbons (Fsp3) is 0.833. The van der Waals surface area contributed by atoms with Gasteiger partial charge in [0.25, 0.3) is 0 Å². The number of aliphatic hydroxyl groups excluding tert-OH is 1. The first-order chi connectivity index (χ1) is 10.2. The zero-order valence-electron chi connectivity index (χ0n) is 14.7. The van der Waals surface area contributed by atoms with Gasteiger partial charge in [-0.05, 0) is 38.5 Å². The Kier molecular flexibility index (Phi) is 20.5. The van der Waals surface area contributed by atoms with Gasteiger partial charge in [0.05, 0.1) is 6.10 Å². The van der Waals surface area contributed by atoms with Crippen LogP contribution in [-0.4, -0.2) is 17.2 Å². The smallest absolute Gasteiger partial charge is 0.550 e. The molecular formula is C18H33LiO3. The number of unbranched alkanes of at least 4 members (excludes halogenated alkanes) is 8. The number of hydrogen-bond acceptors (Lipinski definition) is 3. The van der Waals surface area contributed by atoms with Crippen molar-refractivity contribution in [2.75, 3.05) is 0 Å². The monoisotopic (exact) mass is 304 g/mol. The van der Waals surface area contributed by atoms with Crippen molar-refractivity contribution in [2.45, 2.75) is 96.5 Å². The van der Waals surface area contributed by atoms with Crippen LogP contribution in [-0.2, 0) is 4.79 Å². The third-order valence-corrected chi connectivity index (χ3v) is 3.72. The fourth-order valence-corrected chi connectivity index (χ4v) is 2.36. The molecule has 0 rings (SSSR count). The molecule has 0 aromatic heterocycles. The van der Waals surface area contributed by atoms with Crippen LogP contribution in [0.25, 0.3) is 0 Å². The molecule has 0 bridgehead atoms. The van der Waals surface area contributed by atoms with E-state index in [1.54, 1.807) is 0 Å². The first-order valence-corrected chi connectivity index (χ1v) is 8.69. The topological polar surface area (TPSA) is 60.4 Å². The number of carboxylic acid groups (broad SMARTS) is 1. The summed E-state index contributed by atoms with van der Waals surface area (Å²) in [7, 11) is 0. The average Bonchev–Trinajstić information content (AvgIpc) is 2.45. The Bertz CT molecular complexity index is 267. The predicted molar refractivity (Wildman–Crippen MR) is 85.8 cm³/mol. The molecular weight excluding hydrogens is 271 g/mol. The first-order valence-electron chi connectivity index (χ1n) is 8.69. The summed E-state index contributed by atoms with van der Waals surface area (Å²) in [5.41, 5.74) is 0. The molecule has 1 N–H and O–H groups in total. The second-order valence-corrected chi connectivity index (χ2v) is 5.89. The number of allylic oxidation sites excluding steroid dienone is 1. The van der Waals surface area contributed by atoms with Crippen LogP contribution < -0.4 is 24.0 Å². The second-order valence-electron chi connectivity index (χ2n) is 5.89. The van der Waals surface area contributed by atoms with Crippen molar-refractivity contribution < 1.29 is 33.9 Å². The van der Waals surface area contributed by atoms with Gasteiger partial charge in [-0.3, -0.25) is 0 Å². The standard InChI is InChI=1S/C18H34O3.Li/c1-2-3-4-11-14-17(19)15-12-9-7-5-6-8-10-13-16-18(20)21;/h9,12,17,19H,2-8,10-11,13-16H2,1H3,(H,20,21);/q;+1/p-1/b12-9-;/t17-;/m1./s1. The third kappa shape index (κ3) is 19.8. The molecule has 3 nitrogen and oxygen atoms in total. The van der Waals surface area contributed by atoms with Crippen molar-refractivity contribution in [1.82, 2.24) is 0 Å². The molecule has 0 heterocycles. The van der Waals surface area contributed by atoms with Crippen LogP contribution in [0.1, 0.15) is 90.4 Å². The molecule has 0 spiro atoms. The summed E-state index contributed by atoms with van der Waals surface area (Å²) in [6.45, 7) is 2.20. The molecule has 4 heteroatoms. The van der Waals surface area contributed by atoms with Crippen molar-refractivity contribution in [1.29, 1.82) is 0 Å². The van der Waals surface area contributed by atoms with Gasteiger partial charge in [0.2, 0.25) is 0 Å². The zero-order valence-corrected chi connectivity index (χ0v) is 14.7. The van der Waals surface area contributed by atoms with E-state index < -0.39 is 5.97 Å². The van der Waals surface area contributed by atoms with E-state index >= 15 is 0 Å². The van der Waals surface area contributed by atoms with Gasteiger partial charge in [-0.15, -0.1) is 0 Å². The van der Waals surface area contributed by atoms with E-state index in [4.69, 9.17) is 0 Å². The van der Waals surface area contributed by atoms with Gasteiger partial charge in [-0.25, -0.2) is 0 Å². The van der Waals surface area contributed by atoms with Crippen molar-refractivity contribution in [3.8, 4) is 0 Å². The summed E-state index contributed by atoms with van der Waals surface area (Å²) in [6.07, 6.45) is 17.0. The molecule has 124 valence electrons. The number of rotatable bonds is 15. The molecule has 0 radical (unpaired) electrons. The molecule has 22 heavy (non-hydrogen) atoms. The van der Waals surface area contributed by atoms with Crippen LogP contribution in [0.4, 0.5) is 0 Å². The molecule has 0 aromatic rings. The molecule has 0 aliphatic rings. The van der Waals surface area contributed by atoms with Crippen molar-refractivity contribution in [2.24, 2.45) is 0 Å². The Balaban J connectivity index is 0. The SMILES string of the molecule is CCCCCC[C@@H](O)C/C=C\CCCCCCCC(=O)[O-].[Li+]. The molecule has 0 aliphatic carbocycles. The van der Waals surface area contributed by atoms with Crippen molar-refractivity contribution >= 4 is 5.97 Å². The normalized spacial score (nSPS) is 12.3. The Hall–Kier alpha value is -0.233. The molecule has 1 atom stereocenters. The number of carbonyl (C=O) groups is 1. The number of aliphatic carboxylic acids is 1. The summed E-state index contributed by atoms with van der Waals surface area (Å²) in [5, 5.41) is 20.0. The van der Waals surface area contributed by atoms with Crippen molar-refractivity contribution in [3.63, 3.8) is 0 Å². The third-order valence-electron chi connectivity index (χ3n) is 3.72. The van der Waals surface area contributed by atoms with E-state index in [-0.39, 0.29) is 31.4 Å². The second kappa shape index (κ2) is 18.8. The molecule has 0 saturated heterocycles. The van der Waals surface area contributed by atoms with Crippen LogP contribution in [0.3, 0.4) is 0 Å². The molecule has 0 saturated carbocycles. The van der Waals surface area contributed by atoms with Crippen LogP contribution in [0.5, 0.6) is 0 Å². The first kappa shape index (κ1) is 24.0. The molecule has 0 unspecified atom stereocenters. The van der Waals surface area contributed by atoms with Gasteiger partial charge in [0.1, 0.15) is 0 Å². The summed E-state index contributed by atoms with van der Waals surface area (Å²) in [6, 6.07) is 0. The van der Waals surface area contributed by atoms with E-state index in [1.807, 2.05) is 0 Å². The minimum atomic E-state index is -0.939. The van der Waals surface area contributed by atoms with Crippen LogP contribution in [0.15, 0.2) is 12.2 Å². The van der Waals surface area contributed by atoms with Crippen LogP contribution in [0, 0.1) is 0 Å². The maximum Gasteiger partial charge on any atom is 1.00 e. The van der Waals surface area contributed by atoms with Crippen molar-refractivity contribution in [3.05, 3.63) is 12.2 Å². The number of carbonyl (C=O) groups excluding carboxylic acids is 1. The van der Waals surface area contributed by atoms with E-state index in [1.165, 1.54) is 19.3 Å². The summed E-state index contributed by atoms with van der Waals surface area (Å²) >= 11 is 0. The summed E-state index contributed by atoms with van der Waals surface area (Å²) < 4.78 is 0. The maximum atomic E-state index is 10.2. The van der Waals surface area contributed by atoms with E-state index in [0.717, 1.165) is 57.8 Å². The fourth-order valence-electron chi connectivity index (χ4n) is 2.36. The molecule has 0 amide bonds. The Morgan fingerprint density at radius 2 is 1.64 bits per heavy atom. The molecule has 0 aromatic carbocycles. The Labute approximate surface area is 148 Å². The minimum absolute atomic E-state index is 0. The van der Waals surface area contributed by atoms with E-state index in [2.05, 4.69) is 19.1 Å². The van der Waals surface area contributed by atoms with Gasteiger partial charge in [-0.1, -0.05) is 64.0 Å². The number of aliphatic hydroxyl groups is 1. The maximum absolute atomic E-state index is 10.2. The summed E-state index contributed by atoms with van der Waals surface area (Å²) in [4.78, 5) is 10.2. The van der Waals surface area contributed by atoms with E-state index in [0.29, 0.717) is 0 Å². The Morgan fingerprint density at radius 3 is 2.32 bits per heavy atom. The minimum Gasteiger partial charge on any atom is -0.550 e. The van der Waals surface area contributed by atoms with Gasteiger partial charge in [0.15, 0.2) is 0 Å². The zero-order chi connectivity index (χ0) is 15.8. The number of hydrogen-bond donors (Lipinski definition) is 1. The molecule has 0 aliphatic heterocycles. The van der Waals surface area contributed by atoms with Crippen LogP contribution in [0.2, 0.25) is 0 Å². The van der Waals surface area contributed by atoms with E-state index in [9.17, 15) is 15.0 Å². The number of carboxylic acids is 1. The van der Waals surface area contributed by atoms with Gasteiger partial charge < -0.3 is 15.0 Å². The van der Waals surface area contributed by atoms with Gasteiger partial charge in [-0.2, -0.15) is 0 Å². The molecule has 0 fully saturated rings. The van der Waals surface area contributed by atoms with Gasteiger partial charge in [0, 0.05) is 5.97 Å². The predicted octanol–water partition coefficient (Wildman–Crippen LogP) is 0.749. The van der Waals surface area contributed by atoms with Crippen LogP contribution >= 0.6 is 0 Å². The average molecular weight is 304 g/mol. The largest absolute Gasteiger partial charge is 1.00 e.